The number of morpholine rings is 1. The van der Waals surface area contributed by atoms with E-state index in [1.165, 1.54) is 28.6 Å². The molecule has 0 spiro atoms. The first-order valence-corrected chi connectivity index (χ1v) is 13.2. The van der Waals surface area contributed by atoms with Crippen LogP contribution in [0.5, 0.6) is 0 Å². The number of benzene rings is 1. The van der Waals surface area contributed by atoms with Crippen molar-refractivity contribution in [3.63, 3.8) is 0 Å². The summed E-state index contributed by atoms with van der Waals surface area (Å²) in [5.74, 6) is 0.936. The largest absolute Gasteiger partial charge is 0.378 e. The molecule has 0 bridgehead atoms. The van der Waals surface area contributed by atoms with Crippen LogP contribution >= 0.6 is 0 Å². The molecule has 3 aliphatic heterocycles. The van der Waals surface area contributed by atoms with Crippen molar-refractivity contribution in [3.05, 3.63) is 36.0 Å². The summed E-state index contributed by atoms with van der Waals surface area (Å²) in [6, 6.07) is 7.87. The SMILES string of the molecule is Cc1cc(N2CCN(S(=O)(=O)c3ccc(N4C(=O)CCC4=O)cc3)CC2)nc(N2CCOCC2)n1. The number of ether oxygens (including phenoxy) is 1. The number of nitrogens with zero attached hydrogens (tertiary/aromatic N) is 6. The van der Waals surface area contributed by atoms with E-state index in [0.29, 0.717) is 51.0 Å². The minimum Gasteiger partial charge on any atom is -0.378 e. The Balaban J connectivity index is 1.26. The summed E-state index contributed by atoms with van der Waals surface area (Å²) in [6.45, 7) is 6.38. The Morgan fingerprint density at radius 3 is 2.09 bits per heavy atom. The summed E-state index contributed by atoms with van der Waals surface area (Å²) in [4.78, 5) is 38.7. The quantitative estimate of drug-likeness (QED) is 0.549. The molecule has 0 N–H and O–H groups in total. The minimum atomic E-state index is -3.71. The zero-order valence-electron chi connectivity index (χ0n) is 19.6. The summed E-state index contributed by atoms with van der Waals surface area (Å²) >= 11 is 0. The Bertz CT molecular complexity index is 1210. The molecule has 186 valence electrons. The van der Waals surface area contributed by atoms with Crippen LogP contribution in [0.4, 0.5) is 17.5 Å². The van der Waals surface area contributed by atoms with Crippen molar-refractivity contribution in [3.8, 4) is 0 Å². The third-order valence-electron chi connectivity index (χ3n) is 6.47. The second-order valence-electron chi connectivity index (χ2n) is 8.77. The van der Waals surface area contributed by atoms with E-state index < -0.39 is 10.0 Å². The number of imide groups is 1. The first-order chi connectivity index (χ1) is 16.8. The molecule has 0 saturated carbocycles. The zero-order chi connectivity index (χ0) is 24.6. The van der Waals surface area contributed by atoms with Gasteiger partial charge in [0.05, 0.1) is 23.8 Å². The monoisotopic (exact) mass is 500 g/mol. The Labute approximate surface area is 204 Å². The number of aromatic nitrogens is 2. The first kappa shape index (κ1) is 23.6. The summed E-state index contributed by atoms with van der Waals surface area (Å²) in [5.41, 5.74) is 1.26. The molecular weight excluding hydrogens is 472 g/mol. The lowest BCUT2D eigenvalue weighted by Crippen LogP contribution is -2.49. The third-order valence-corrected chi connectivity index (χ3v) is 8.38. The van der Waals surface area contributed by atoms with Gasteiger partial charge in [-0.15, -0.1) is 0 Å². The van der Waals surface area contributed by atoms with E-state index in [0.717, 1.165) is 29.5 Å². The fourth-order valence-corrected chi connectivity index (χ4v) is 5.96. The van der Waals surface area contributed by atoms with E-state index in [1.807, 2.05) is 13.0 Å². The van der Waals surface area contributed by atoms with Crippen molar-refractivity contribution < 1.29 is 22.7 Å². The molecule has 2 amide bonds. The molecule has 2 aromatic rings. The number of sulfonamides is 1. The van der Waals surface area contributed by atoms with Crippen LogP contribution < -0.4 is 14.7 Å². The number of rotatable bonds is 5. The lowest BCUT2D eigenvalue weighted by molar-refractivity contribution is -0.121. The summed E-state index contributed by atoms with van der Waals surface area (Å²) in [7, 11) is -3.71. The Morgan fingerprint density at radius 1 is 0.829 bits per heavy atom. The second-order valence-corrected chi connectivity index (χ2v) is 10.7. The van der Waals surface area contributed by atoms with Crippen molar-refractivity contribution in [1.82, 2.24) is 14.3 Å². The number of aryl methyl sites for hydroxylation is 1. The minimum absolute atomic E-state index is 0.140. The molecule has 3 fully saturated rings. The van der Waals surface area contributed by atoms with Gasteiger partial charge in [-0.1, -0.05) is 0 Å². The van der Waals surface area contributed by atoms with E-state index in [2.05, 4.69) is 14.8 Å². The van der Waals surface area contributed by atoms with E-state index in [1.54, 1.807) is 0 Å². The van der Waals surface area contributed by atoms with Gasteiger partial charge in [-0.3, -0.25) is 14.5 Å². The highest BCUT2D eigenvalue weighted by atomic mass is 32.2. The van der Waals surface area contributed by atoms with Gasteiger partial charge in [-0.2, -0.15) is 9.29 Å². The van der Waals surface area contributed by atoms with E-state index in [-0.39, 0.29) is 29.6 Å². The maximum absolute atomic E-state index is 13.2. The molecule has 12 heteroatoms. The third kappa shape index (κ3) is 4.73. The molecule has 0 unspecified atom stereocenters. The Kier molecular flexibility index (Phi) is 6.43. The molecule has 11 nitrogen and oxygen atoms in total. The number of hydrogen-bond donors (Lipinski definition) is 0. The van der Waals surface area contributed by atoms with Crippen LogP contribution in [0.3, 0.4) is 0 Å². The highest BCUT2D eigenvalue weighted by molar-refractivity contribution is 7.89. The van der Waals surface area contributed by atoms with Crippen molar-refractivity contribution >= 4 is 39.3 Å². The lowest BCUT2D eigenvalue weighted by Gasteiger charge is -2.35. The molecule has 1 aromatic carbocycles. The molecular formula is C23H28N6O5S. The van der Waals surface area contributed by atoms with Crippen molar-refractivity contribution in [2.45, 2.75) is 24.7 Å². The first-order valence-electron chi connectivity index (χ1n) is 11.7. The number of carbonyl (C=O) groups excluding carboxylic acids is 2. The van der Waals surface area contributed by atoms with Gasteiger partial charge in [0.2, 0.25) is 27.8 Å². The highest BCUT2D eigenvalue weighted by Crippen LogP contribution is 2.26. The number of piperazine rings is 1. The predicted molar refractivity (Wildman–Crippen MR) is 129 cm³/mol. The molecule has 3 saturated heterocycles. The summed E-state index contributed by atoms with van der Waals surface area (Å²) in [6.07, 6.45) is 0.367. The van der Waals surface area contributed by atoms with E-state index >= 15 is 0 Å². The normalized spacial score (nSPS) is 20.1. The van der Waals surface area contributed by atoms with Gasteiger partial charge >= 0.3 is 0 Å². The fraction of sp³-hybridized carbons (Fsp3) is 0.478. The van der Waals surface area contributed by atoms with Gasteiger partial charge < -0.3 is 14.5 Å². The van der Waals surface area contributed by atoms with E-state index in [9.17, 15) is 18.0 Å². The summed E-state index contributed by atoms with van der Waals surface area (Å²) in [5, 5.41) is 0. The number of anilines is 3. The topological polar surface area (TPSA) is 116 Å². The van der Waals surface area contributed by atoms with Gasteiger partial charge in [-0.25, -0.2) is 13.4 Å². The molecule has 35 heavy (non-hydrogen) atoms. The van der Waals surface area contributed by atoms with E-state index in [4.69, 9.17) is 9.72 Å². The second kappa shape index (κ2) is 9.51. The average Bonchev–Trinajstić information content (AvgIpc) is 3.22. The molecule has 3 aliphatic rings. The van der Waals surface area contributed by atoms with Crippen LogP contribution in [0.25, 0.3) is 0 Å². The average molecular weight is 501 g/mol. The predicted octanol–water partition coefficient (Wildman–Crippen LogP) is 0.786. The van der Waals surface area contributed by atoms with Crippen LogP contribution in [0.2, 0.25) is 0 Å². The highest BCUT2D eigenvalue weighted by Gasteiger charge is 2.32. The maximum Gasteiger partial charge on any atom is 0.243 e. The standard InChI is InChI=1S/C23H28N6O5S/c1-17-16-20(25-23(24-17)27-12-14-34-15-13-27)26-8-10-28(11-9-26)35(32,33)19-4-2-18(3-5-19)29-21(30)6-7-22(29)31/h2-5,16H,6-15H2,1H3. The van der Waals surface area contributed by atoms with Crippen LogP contribution in [-0.2, 0) is 24.3 Å². The lowest BCUT2D eigenvalue weighted by atomic mass is 10.3. The smallest absolute Gasteiger partial charge is 0.243 e. The number of carbonyl (C=O) groups is 2. The zero-order valence-corrected chi connectivity index (χ0v) is 20.4. The fourth-order valence-electron chi connectivity index (χ4n) is 4.54. The van der Waals surface area contributed by atoms with Crippen LogP contribution in [0.1, 0.15) is 18.5 Å². The van der Waals surface area contributed by atoms with Crippen molar-refractivity contribution in [2.24, 2.45) is 0 Å². The molecule has 0 radical (unpaired) electrons. The van der Waals surface area contributed by atoms with Gasteiger partial charge in [0.1, 0.15) is 5.82 Å². The van der Waals surface area contributed by atoms with Crippen molar-refractivity contribution in [2.75, 3.05) is 67.2 Å². The van der Waals surface area contributed by atoms with Gasteiger partial charge in [0.25, 0.3) is 0 Å². The van der Waals surface area contributed by atoms with Gasteiger partial charge in [0, 0.05) is 63.9 Å². The number of hydrogen-bond acceptors (Lipinski definition) is 9. The van der Waals surface area contributed by atoms with Crippen molar-refractivity contribution in [1.29, 1.82) is 0 Å². The molecule has 5 rings (SSSR count). The molecule has 0 aliphatic carbocycles. The molecule has 0 atom stereocenters. The summed E-state index contributed by atoms with van der Waals surface area (Å²) < 4.78 is 33.3. The van der Waals surface area contributed by atoms with Crippen LogP contribution in [0, 0.1) is 6.92 Å². The van der Waals surface area contributed by atoms with Gasteiger partial charge in [0.15, 0.2) is 0 Å². The van der Waals surface area contributed by atoms with Crippen LogP contribution in [0.15, 0.2) is 35.2 Å². The number of amides is 2. The Hall–Kier alpha value is -3.09. The van der Waals surface area contributed by atoms with Gasteiger partial charge in [-0.05, 0) is 31.2 Å². The Morgan fingerprint density at radius 2 is 1.46 bits per heavy atom. The molecule has 4 heterocycles. The van der Waals surface area contributed by atoms with Crippen LogP contribution in [-0.4, -0.2) is 87.0 Å². The maximum atomic E-state index is 13.2. The molecule has 1 aromatic heterocycles.